The normalized spacial score (nSPS) is 26.9. The van der Waals surface area contributed by atoms with Crippen molar-refractivity contribution >= 4 is 32.7 Å². The fourth-order valence-corrected chi connectivity index (χ4v) is 7.44. The van der Waals surface area contributed by atoms with Crippen molar-refractivity contribution in [3.63, 3.8) is 0 Å². The number of rotatable bonds is 5. The van der Waals surface area contributed by atoms with Gasteiger partial charge in [-0.2, -0.15) is 0 Å². The first-order chi connectivity index (χ1) is 17.8. The van der Waals surface area contributed by atoms with Crippen molar-refractivity contribution in [3.05, 3.63) is 18.0 Å². The summed E-state index contributed by atoms with van der Waals surface area (Å²) in [6.45, 7) is -0.714. The first kappa shape index (κ1) is 19.9. The van der Waals surface area contributed by atoms with Crippen LogP contribution >= 0.6 is 0 Å². The zero-order valence-electron chi connectivity index (χ0n) is 22.5. The zero-order chi connectivity index (χ0) is 27.1. The molecule has 3 aliphatic heterocycles. The molecule has 0 bridgehead atoms. The zero-order valence-corrected chi connectivity index (χ0v) is 20.4. The summed E-state index contributed by atoms with van der Waals surface area (Å²) >= 11 is 0. The lowest BCUT2D eigenvalue weighted by Gasteiger charge is -2.48. The van der Waals surface area contributed by atoms with Crippen LogP contribution in [0.2, 0.25) is 0 Å². The molecule has 0 radical (unpaired) electrons. The van der Waals surface area contributed by atoms with Gasteiger partial charge >= 0.3 is 0 Å². The van der Waals surface area contributed by atoms with E-state index < -0.39 is 34.9 Å². The van der Waals surface area contributed by atoms with Crippen LogP contribution in [0.4, 0.5) is 20.5 Å². The van der Waals surface area contributed by atoms with Crippen molar-refractivity contribution < 1.29 is 21.3 Å². The average Bonchev–Trinajstić information content (AvgIpc) is 3.62. The first-order valence-corrected chi connectivity index (χ1v) is 13.6. The molecule has 6 rings (SSSR count). The Morgan fingerprint density at radius 1 is 1.11 bits per heavy atom. The third-order valence-electron chi connectivity index (χ3n) is 7.71. The van der Waals surface area contributed by atoms with Gasteiger partial charge < -0.3 is 15.1 Å². The number of hydrogen-bond donors (Lipinski definition) is 1. The maximum Gasteiger partial charge on any atom is 0.274 e. The minimum atomic E-state index is -3.20. The van der Waals surface area contributed by atoms with Crippen LogP contribution in [-0.2, 0) is 10.0 Å². The van der Waals surface area contributed by atoms with E-state index in [1.165, 1.54) is 4.90 Å². The summed E-state index contributed by atoms with van der Waals surface area (Å²) in [6.07, 6.45) is 4.35. The maximum atomic E-state index is 15.2. The van der Waals surface area contributed by atoms with Gasteiger partial charge in [0.25, 0.3) is 5.92 Å². The van der Waals surface area contributed by atoms with Gasteiger partial charge in [-0.25, -0.2) is 36.5 Å². The van der Waals surface area contributed by atoms with Gasteiger partial charge in [-0.1, -0.05) is 0 Å². The smallest absolute Gasteiger partial charge is 0.274 e. The number of alkyl halides is 2. The Morgan fingerprint density at radius 2 is 1.86 bits per heavy atom. The van der Waals surface area contributed by atoms with E-state index in [2.05, 4.69) is 20.3 Å². The Labute approximate surface area is 208 Å². The second-order valence-electron chi connectivity index (χ2n) is 10.5. The lowest BCUT2D eigenvalue weighted by atomic mass is 9.76. The summed E-state index contributed by atoms with van der Waals surface area (Å²) in [5, 5.41) is 3.74. The fraction of sp³-hybridized carbons (Fsp3) is 0.696. The number of hydrogen-bond acceptors (Lipinski definition) is 8. The average molecular weight is 511 g/mol. The Bertz CT molecular complexity index is 1360. The minimum absolute atomic E-state index is 0.0137. The molecule has 5 heterocycles. The molecule has 2 aromatic rings. The number of halogens is 2. The Balaban J connectivity index is 1.21. The fourth-order valence-electron chi connectivity index (χ4n) is 5.57. The molecule has 190 valence electrons. The van der Waals surface area contributed by atoms with Gasteiger partial charge in [-0.15, -0.1) is 0 Å². The quantitative estimate of drug-likeness (QED) is 0.654. The molecule has 3 saturated heterocycles. The lowest BCUT2D eigenvalue weighted by Crippen LogP contribution is -2.63. The van der Waals surface area contributed by atoms with Gasteiger partial charge in [0.05, 0.1) is 17.2 Å². The predicted octanol–water partition coefficient (Wildman–Crippen LogP) is 2.09. The van der Waals surface area contributed by atoms with Crippen LogP contribution in [0.3, 0.4) is 0 Å². The number of fused-ring (bicyclic) bond motifs is 1. The van der Waals surface area contributed by atoms with Crippen molar-refractivity contribution in [1.29, 1.82) is 0 Å². The number of sulfonamides is 1. The summed E-state index contributed by atoms with van der Waals surface area (Å²) in [4.78, 5) is 16.3. The Hall–Kier alpha value is -2.18. The van der Waals surface area contributed by atoms with Gasteiger partial charge in [-0.05, 0) is 45.6 Å². The van der Waals surface area contributed by atoms with E-state index in [0.717, 1.165) is 17.7 Å². The molecule has 0 aromatic carbocycles. The number of likely N-dealkylation sites (tertiary alicyclic amines) is 1. The highest BCUT2D eigenvalue weighted by Crippen LogP contribution is 2.50. The van der Waals surface area contributed by atoms with Crippen LogP contribution in [-0.4, -0.2) is 96.0 Å². The summed E-state index contributed by atoms with van der Waals surface area (Å²) in [5.74, 6) is -2.40. The van der Waals surface area contributed by atoms with E-state index in [1.54, 1.807) is 23.5 Å². The third kappa shape index (κ3) is 3.93. The van der Waals surface area contributed by atoms with Crippen molar-refractivity contribution in [2.24, 2.45) is 5.41 Å². The molecular formula is C23H31F2N7O2S. The molecule has 1 N–H and O–H groups in total. The van der Waals surface area contributed by atoms with Gasteiger partial charge in [0.15, 0.2) is 5.82 Å². The van der Waals surface area contributed by atoms with Crippen molar-refractivity contribution in [3.8, 4) is 0 Å². The number of nitrogens with zero attached hydrogens (tertiary/aromatic N) is 6. The highest BCUT2D eigenvalue weighted by molar-refractivity contribution is 7.90. The van der Waals surface area contributed by atoms with Crippen molar-refractivity contribution in [2.45, 2.75) is 49.8 Å². The first-order valence-electron chi connectivity index (χ1n) is 13.6. The maximum absolute atomic E-state index is 15.2. The SMILES string of the molecule is [2H]C([2H])([2H])N1CC2(CN(c3nc(C)cc4cnc(NC5CCN(S(=O)(=O)C6CC6)CC5)nc34)CC2(F)F)C1. The number of pyridine rings is 1. The van der Waals surface area contributed by atoms with Crippen LogP contribution in [0.5, 0.6) is 0 Å². The highest BCUT2D eigenvalue weighted by Gasteiger charge is 2.65. The monoisotopic (exact) mass is 510 g/mol. The third-order valence-corrected chi connectivity index (χ3v) is 10.1. The van der Waals surface area contributed by atoms with Crippen LogP contribution in [0, 0.1) is 12.3 Å². The molecule has 4 fully saturated rings. The van der Waals surface area contributed by atoms with Gasteiger partial charge in [0, 0.05) is 60.2 Å². The number of nitrogens with one attached hydrogen (secondary N) is 1. The van der Waals surface area contributed by atoms with Crippen LogP contribution in [0.15, 0.2) is 12.3 Å². The molecule has 12 heteroatoms. The Kier molecular flexibility index (Phi) is 4.51. The van der Waals surface area contributed by atoms with Gasteiger partial charge in [0.1, 0.15) is 5.52 Å². The van der Waals surface area contributed by atoms with Crippen LogP contribution < -0.4 is 10.2 Å². The summed E-state index contributed by atoms with van der Waals surface area (Å²) < 4.78 is 79.7. The van der Waals surface area contributed by atoms with Crippen LogP contribution in [0.1, 0.15) is 35.5 Å². The molecule has 1 spiro atoms. The van der Waals surface area contributed by atoms with Gasteiger partial charge in [-0.3, -0.25) is 0 Å². The Morgan fingerprint density at radius 3 is 2.54 bits per heavy atom. The molecule has 0 unspecified atom stereocenters. The van der Waals surface area contributed by atoms with E-state index in [4.69, 9.17) is 4.11 Å². The molecule has 9 nitrogen and oxygen atoms in total. The van der Waals surface area contributed by atoms with Crippen molar-refractivity contribution in [1.82, 2.24) is 24.2 Å². The molecule has 1 saturated carbocycles. The number of aryl methyl sites for hydroxylation is 1. The number of anilines is 2. The van der Waals surface area contributed by atoms with E-state index in [-0.39, 0.29) is 30.9 Å². The molecule has 1 aliphatic carbocycles. The predicted molar refractivity (Wildman–Crippen MR) is 129 cm³/mol. The second kappa shape index (κ2) is 7.91. The van der Waals surface area contributed by atoms with E-state index in [1.807, 2.05) is 0 Å². The summed E-state index contributed by atoms with van der Waals surface area (Å²) in [6, 6.07) is 1.79. The molecule has 0 atom stereocenters. The molecule has 2 aromatic heterocycles. The van der Waals surface area contributed by atoms with E-state index >= 15 is 8.78 Å². The van der Waals surface area contributed by atoms with E-state index in [9.17, 15) is 8.42 Å². The second-order valence-corrected chi connectivity index (χ2v) is 12.7. The highest BCUT2D eigenvalue weighted by atomic mass is 32.2. The lowest BCUT2D eigenvalue weighted by molar-refractivity contribution is -0.149. The number of aromatic nitrogens is 3. The van der Waals surface area contributed by atoms with Crippen molar-refractivity contribution in [2.75, 3.05) is 56.5 Å². The van der Waals surface area contributed by atoms with Crippen LogP contribution in [0.25, 0.3) is 10.9 Å². The molecule has 35 heavy (non-hydrogen) atoms. The van der Waals surface area contributed by atoms with E-state index in [0.29, 0.717) is 54.3 Å². The largest absolute Gasteiger partial charge is 0.351 e. The standard InChI is InChI=1S/C23H31F2N7O2S/c1-15-9-16-10-26-21(28-17-5-7-32(8-6-17)35(33,34)18-3-4-18)29-19(16)20(27-15)31-13-22(11-30(2)12-22)23(24,25)14-31/h9-10,17-18H,3-8,11-14H2,1-2H3,(H,26,28,29)/i2D3. The molecular weight excluding hydrogens is 476 g/mol. The molecule has 4 aliphatic rings. The minimum Gasteiger partial charge on any atom is -0.351 e. The topological polar surface area (TPSA) is 94.6 Å². The number of piperidine rings is 1. The molecule has 0 amide bonds. The summed E-state index contributed by atoms with van der Waals surface area (Å²) in [7, 11) is -3.20. The van der Waals surface area contributed by atoms with Gasteiger partial charge in [0.2, 0.25) is 16.0 Å². The summed E-state index contributed by atoms with van der Waals surface area (Å²) in [5.41, 5.74) is -0.355.